The van der Waals surface area contributed by atoms with Gasteiger partial charge in [0.2, 0.25) is 0 Å². The maximum absolute atomic E-state index is 10.6. The van der Waals surface area contributed by atoms with E-state index in [2.05, 4.69) is 0 Å². The first kappa shape index (κ1) is 10.5. The minimum atomic E-state index is -1.14. The van der Waals surface area contributed by atoms with Crippen molar-refractivity contribution in [3.8, 4) is 5.75 Å². The Morgan fingerprint density at radius 1 is 1.57 bits per heavy atom. The summed E-state index contributed by atoms with van der Waals surface area (Å²) in [6, 6.07) is 4.22. The number of hydrogen-bond acceptors (Lipinski definition) is 3. The molecule has 0 spiro atoms. The number of carbonyl (C=O) groups is 1. The molecule has 14 heavy (non-hydrogen) atoms. The Morgan fingerprint density at radius 2 is 2.21 bits per heavy atom. The molecular weight excluding hydrogens is 182 g/mol. The standard InChI is InChI=1S/C10H13NO3/c1-2-8(11)6-3-4-7(10(13)14)9(12)5-6/h3-5,8,12H,2,11H2,1H3,(H,13,14)/t8-/m0/s1. The Labute approximate surface area is 82.0 Å². The van der Waals surface area contributed by atoms with Crippen LogP contribution >= 0.6 is 0 Å². The van der Waals surface area contributed by atoms with Gasteiger partial charge in [0.1, 0.15) is 11.3 Å². The Hall–Kier alpha value is -1.55. The lowest BCUT2D eigenvalue weighted by atomic mass is 10.0. The van der Waals surface area contributed by atoms with Crippen LogP contribution in [0.25, 0.3) is 0 Å². The van der Waals surface area contributed by atoms with E-state index < -0.39 is 5.97 Å². The molecule has 0 aromatic heterocycles. The average Bonchev–Trinajstić information content (AvgIpc) is 2.15. The van der Waals surface area contributed by atoms with Gasteiger partial charge in [-0.05, 0) is 24.1 Å². The Bertz CT molecular complexity index is 349. The highest BCUT2D eigenvalue weighted by Crippen LogP contribution is 2.23. The maximum Gasteiger partial charge on any atom is 0.339 e. The number of aromatic hydroxyl groups is 1. The molecule has 0 aliphatic carbocycles. The minimum absolute atomic E-state index is 0.1000. The van der Waals surface area contributed by atoms with Crippen LogP contribution in [0, 0.1) is 0 Å². The first-order valence-electron chi connectivity index (χ1n) is 4.38. The summed E-state index contributed by atoms with van der Waals surface area (Å²) in [5.41, 5.74) is 6.38. The third-order valence-electron chi connectivity index (χ3n) is 2.12. The van der Waals surface area contributed by atoms with Crippen molar-refractivity contribution in [2.45, 2.75) is 19.4 Å². The second kappa shape index (κ2) is 4.11. The maximum atomic E-state index is 10.6. The molecule has 0 aliphatic heterocycles. The van der Waals surface area contributed by atoms with Gasteiger partial charge in [-0.2, -0.15) is 0 Å². The van der Waals surface area contributed by atoms with E-state index in [0.717, 1.165) is 12.0 Å². The number of phenols is 1. The predicted octanol–water partition coefficient (Wildman–Crippen LogP) is 1.50. The van der Waals surface area contributed by atoms with Crippen LogP contribution in [0.5, 0.6) is 5.75 Å². The molecule has 4 N–H and O–H groups in total. The lowest BCUT2D eigenvalue weighted by Crippen LogP contribution is -2.09. The predicted molar refractivity (Wildman–Crippen MR) is 52.3 cm³/mol. The molecule has 0 bridgehead atoms. The Kier molecular flexibility index (Phi) is 3.09. The van der Waals surface area contributed by atoms with E-state index in [9.17, 15) is 9.90 Å². The molecule has 0 saturated heterocycles. The van der Waals surface area contributed by atoms with Crippen LogP contribution < -0.4 is 5.73 Å². The van der Waals surface area contributed by atoms with Crippen molar-refractivity contribution in [1.82, 2.24) is 0 Å². The fourth-order valence-electron chi connectivity index (χ4n) is 1.20. The van der Waals surface area contributed by atoms with E-state index in [4.69, 9.17) is 10.8 Å². The molecule has 1 rings (SSSR count). The lowest BCUT2D eigenvalue weighted by molar-refractivity contribution is 0.0693. The quantitative estimate of drug-likeness (QED) is 0.682. The van der Waals surface area contributed by atoms with E-state index in [1.807, 2.05) is 6.92 Å². The fraction of sp³-hybridized carbons (Fsp3) is 0.300. The third-order valence-corrected chi connectivity index (χ3v) is 2.12. The zero-order chi connectivity index (χ0) is 10.7. The molecule has 0 fully saturated rings. The average molecular weight is 195 g/mol. The van der Waals surface area contributed by atoms with Crippen LogP contribution in [-0.4, -0.2) is 16.2 Å². The molecule has 0 saturated carbocycles. The summed E-state index contributed by atoms with van der Waals surface area (Å²) < 4.78 is 0. The molecule has 0 heterocycles. The largest absolute Gasteiger partial charge is 0.507 e. The van der Waals surface area contributed by atoms with Crippen LogP contribution in [0.3, 0.4) is 0 Å². The van der Waals surface area contributed by atoms with Crippen molar-refractivity contribution in [2.24, 2.45) is 5.73 Å². The van der Waals surface area contributed by atoms with Crippen molar-refractivity contribution < 1.29 is 15.0 Å². The molecule has 1 atom stereocenters. The van der Waals surface area contributed by atoms with Gasteiger partial charge in [0.05, 0.1) is 0 Å². The van der Waals surface area contributed by atoms with Crippen molar-refractivity contribution in [1.29, 1.82) is 0 Å². The summed E-state index contributed by atoms with van der Waals surface area (Å²) in [6.07, 6.45) is 0.742. The normalized spacial score (nSPS) is 12.4. The van der Waals surface area contributed by atoms with Crippen molar-refractivity contribution in [3.05, 3.63) is 29.3 Å². The van der Waals surface area contributed by atoms with Gasteiger partial charge in [0.15, 0.2) is 0 Å². The molecule has 0 aliphatic rings. The topological polar surface area (TPSA) is 83.6 Å². The van der Waals surface area contributed by atoms with Gasteiger partial charge < -0.3 is 15.9 Å². The summed E-state index contributed by atoms with van der Waals surface area (Å²) in [5.74, 6) is -1.38. The molecule has 1 aromatic carbocycles. The molecule has 0 amide bonds. The summed E-state index contributed by atoms with van der Waals surface area (Å²) in [5, 5.41) is 18.0. The van der Waals surface area contributed by atoms with Crippen molar-refractivity contribution in [2.75, 3.05) is 0 Å². The number of carboxylic acids is 1. The number of nitrogens with two attached hydrogens (primary N) is 1. The van der Waals surface area contributed by atoms with E-state index in [0.29, 0.717) is 0 Å². The minimum Gasteiger partial charge on any atom is -0.507 e. The highest BCUT2D eigenvalue weighted by atomic mass is 16.4. The van der Waals surface area contributed by atoms with E-state index >= 15 is 0 Å². The molecule has 4 nitrogen and oxygen atoms in total. The number of aromatic carboxylic acids is 1. The van der Waals surface area contributed by atoms with Crippen LogP contribution in [0.4, 0.5) is 0 Å². The van der Waals surface area contributed by atoms with Gasteiger partial charge in [-0.15, -0.1) is 0 Å². The zero-order valence-electron chi connectivity index (χ0n) is 7.90. The Balaban J connectivity index is 3.06. The second-order valence-corrected chi connectivity index (χ2v) is 3.10. The van der Waals surface area contributed by atoms with Crippen molar-refractivity contribution in [3.63, 3.8) is 0 Å². The third kappa shape index (κ3) is 2.03. The number of rotatable bonds is 3. The number of carboxylic acid groups (broad SMARTS) is 1. The summed E-state index contributed by atoms with van der Waals surface area (Å²) >= 11 is 0. The van der Waals surface area contributed by atoms with Gasteiger partial charge in [-0.3, -0.25) is 0 Å². The fourth-order valence-corrected chi connectivity index (χ4v) is 1.20. The number of hydrogen-bond donors (Lipinski definition) is 3. The molecular formula is C10H13NO3. The molecule has 4 heteroatoms. The Morgan fingerprint density at radius 3 is 2.64 bits per heavy atom. The van der Waals surface area contributed by atoms with E-state index in [1.165, 1.54) is 12.1 Å². The second-order valence-electron chi connectivity index (χ2n) is 3.10. The number of benzene rings is 1. The van der Waals surface area contributed by atoms with E-state index in [1.54, 1.807) is 6.07 Å². The summed E-state index contributed by atoms with van der Waals surface area (Å²) in [7, 11) is 0. The van der Waals surface area contributed by atoms with Crippen LogP contribution in [0.1, 0.15) is 35.3 Å². The molecule has 0 unspecified atom stereocenters. The van der Waals surface area contributed by atoms with Gasteiger partial charge in [-0.1, -0.05) is 13.0 Å². The van der Waals surface area contributed by atoms with E-state index in [-0.39, 0.29) is 17.4 Å². The zero-order valence-corrected chi connectivity index (χ0v) is 7.90. The lowest BCUT2D eigenvalue weighted by Gasteiger charge is -2.10. The summed E-state index contributed by atoms with van der Waals surface area (Å²) in [4.78, 5) is 10.6. The monoisotopic (exact) mass is 195 g/mol. The SMILES string of the molecule is CC[C@H](N)c1ccc(C(=O)O)c(O)c1. The van der Waals surface area contributed by atoms with Gasteiger partial charge in [-0.25, -0.2) is 4.79 Å². The van der Waals surface area contributed by atoms with Gasteiger partial charge >= 0.3 is 5.97 Å². The molecule has 1 aromatic rings. The smallest absolute Gasteiger partial charge is 0.339 e. The molecule has 0 radical (unpaired) electrons. The van der Waals surface area contributed by atoms with Crippen LogP contribution in [-0.2, 0) is 0 Å². The molecule has 76 valence electrons. The first-order chi connectivity index (χ1) is 6.56. The first-order valence-corrected chi connectivity index (χ1v) is 4.38. The highest BCUT2D eigenvalue weighted by molar-refractivity contribution is 5.90. The van der Waals surface area contributed by atoms with Crippen LogP contribution in [0.2, 0.25) is 0 Å². The van der Waals surface area contributed by atoms with Crippen LogP contribution in [0.15, 0.2) is 18.2 Å². The van der Waals surface area contributed by atoms with Gasteiger partial charge in [0, 0.05) is 6.04 Å². The van der Waals surface area contributed by atoms with Gasteiger partial charge in [0.25, 0.3) is 0 Å². The summed E-state index contributed by atoms with van der Waals surface area (Å²) in [6.45, 7) is 1.92. The van der Waals surface area contributed by atoms with Crippen molar-refractivity contribution >= 4 is 5.97 Å². The highest BCUT2D eigenvalue weighted by Gasteiger charge is 2.11.